The monoisotopic (exact) mass is 488 g/mol. The zero-order valence-electron chi connectivity index (χ0n) is 19.9. The lowest BCUT2D eigenvalue weighted by Gasteiger charge is -2.15. The molecule has 0 aliphatic rings. The van der Waals surface area contributed by atoms with Crippen LogP contribution in [0.1, 0.15) is 29.8 Å². The van der Waals surface area contributed by atoms with Gasteiger partial charge in [-0.1, -0.05) is 0 Å². The molecular formula is C28H25FN2O5. The van der Waals surface area contributed by atoms with E-state index in [9.17, 15) is 18.8 Å². The molecule has 1 amide bonds. The number of pyridine rings is 1. The highest BCUT2D eigenvalue weighted by atomic mass is 19.1. The summed E-state index contributed by atoms with van der Waals surface area (Å²) in [4.78, 5) is 39.4. The maximum absolute atomic E-state index is 13.4. The second-order valence-corrected chi connectivity index (χ2v) is 7.95. The number of ether oxygens (including phenoxy) is 2. The molecule has 1 aromatic heterocycles. The maximum atomic E-state index is 13.4. The lowest BCUT2D eigenvalue weighted by molar-refractivity contribution is -0.116. The summed E-state index contributed by atoms with van der Waals surface area (Å²) in [5.74, 6) is -0.243. The molecule has 184 valence electrons. The molecule has 1 heterocycles. The van der Waals surface area contributed by atoms with Gasteiger partial charge in [-0.15, -0.1) is 0 Å². The van der Waals surface area contributed by atoms with Crippen LogP contribution in [-0.4, -0.2) is 29.5 Å². The van der Waals surface area contributed by atoms with Gasteiger partial charge in [-0.25, -0.2) is 4.39 Å². The van der Waals surface area contributed by atoms with Crippen LogP contribution in [0.5, 0.6) is 11.5 Å². The van der Waals surface area contributed by atoms with E-state index in [0.29, 0.717) is 35.9 Å². The predicted octanol–water partition coefficient (Wildman–Crippen LogP) is 4.81. The molecule has 0 aliphatic heterocycles. The van der Waals surface area contributed by atoms with Gasteiger partial charge in [-0.05, 0) is 80.6 Å². The first-order valence-corrected chi connectivity index (χ1v) is 11.5. The summed E-state index contributed by atoms with van der Waals surface area (Å²) in [6, 6.07) is 16.9. The largest absolute Gasteiger partial charge is 0.494 e. The van der Waals surface area contributed by atoms with E-state index in [1.165, 1.54) is 18.3 Å². The molecule has 0 radical (unpaired) electrons. The number of fused-ring (bicyclic) bond motifs is 1. The predicted molar refractivity (Wildman–Crippen MR) is 135 cm³/mol. The van der Waals surface area contributed by atoms with Gasteiger partial charge >= 0.3 is 0 Å². The van der Waals surface area contributed by atoms with E-state index >= 15 is 0 Å². The summed E-state index contributed by atoms with van der Waals surface area (Å²) in [5.41, 5.74) is 0.593. The van der Waals surface area contributed by atoms with Gasteiger partial charge in [0.1, 0.15) is 23.9 Å². The quantitative estimate of drug-likeness (QED) is 0.342. The molecule has 0 spiro atoms. The molecule has 7 nitrogen and oxygen atoms in total. The van der Waals surface area contributed by atoms with Gasteiger partial charge in [0.15, 0.2) is 5.78 Å². The van der Waals surface area contributed by atoms with E-state index in [0.717, 1.165) is 12.1 Å². The Kier molecular flexibility index (Phi) is 7.44. The molecule has 0 fully saturated rings. The van der Waals surface area contributed by atoms with Gasteiger partial charge in [0, 0.05) is 17.4 Å². The van der Waals surface area contributed by atoms with E-state index in [-0.39, 0.29) is 29.0 Å². The standard InChI is InChI=1S/C28H25FN2O5/c1-3-35-21-11-9-20(10-12-21)30-26(32)17-31-16-24(27(33)18-5-7-19(29)8-6-18)28(34)23-15-22(36-4-2)13-14-25(23)31/h5-16H,3-4,17H2,1-2H3,(H,30,32). The summed E-state index contributed by atoms with van der Waals surface area (Å²) in [7, 11) is 0. The Hall–Kier alpha value is -4.46. The van der Waals surface area contributed by atoms with Crippen molar-refractivity contribution in [3.05, 3.63) is 100 Å². The number of amides is 1. The third kappa shape index (κ3) is 5.43. The first-order chi connectivity index (χ1) is 17.4. The summed E-state index contributed by atoms with van der Waals surface area (Å²) in [5, 5.41) is 3.05. The first kappa shape index (κ1) is 24.7. The van der Waals surface area contributed by atoms with Crippen LogP contribution in [0.25, 0.3) is 10.9 Å². The lowest BCUT2D eigenvalue weighted by atomic mass is 10.0. The van der Waals surface area contributed by atoms with E-state index in [4.69, 9.17) is 9.47 Å². The number of benzene rings is 3. The van der Waals surface area contributed by atoms with Crippen LogP contribution in [-0.2, 0) is 11.3 Å². The Bertz CT molecular complexity index is 1460. The number of ketones is 1. The number of carbonyl (C=O) groups excluding carboxylic acids is 2. The summed E-state index contributed by atoms with van der Waals surface area (Å²) >= 11 is 0. The highest BCUT2D eigenvalue weighted by Gasteiger charge is 2.19. The highest BCUT2D eigenvalue weighted by Crippen LogP contribution is 2.21. The molecule has 0 aliphatic carbocycles. The van der Waals surface area contributed by atoms with Crippen LogP contribution in [0, 0.1) is 5.82 Å². The topological polar surface area (TPSA) is 86.6 Å². The van der Waals surface area contributed by atoms with Crippen LogP contribution in [0.2, 0.25) is 0 Å². The number of hydrogen-bond donors (Lipinski definition) is 1. The molecule has 36 heavy (non-hydrogen) atoms. The van der Waals surface area contributed by atoms with Crippen LogP contribution in [0.3, 0.4) is 0 Å². The molecule has 0 saturated carbocycles. The van der Waals surface area contributed by atoms with Crippen molar-refractivity contribution in [3.8, 4) is 11.5 Å². The van der Waals surface area contributed by atoms with Gasteiger partial charge < -0.3 is 19.4 Å². The fourth-order valence-electron chi connectivity index (χ4n) is 3.84. The fourth-order valence-corrected chi connectivity index (χ4v) is 3.84. The number of anilines is 1. The summed E-state index contributed by atoms with van der Waals surface area (Å²) in [6.45, 7) is 4.49. The molecule has 8 heteroatoms. The molecule has 4 rings (SSSR count). The number of rotatable bonds is 9. The van der Waals surface area contributed by atoms with E-state index in [1.807, 2.05) is 13.8 Å². The Morgan fingerprint density at radius 3 is 2.19 bits per heavy atom. The van der Waals surface area contributed by atoms with Crippen LogP contribution in [0.4, 0.5) is 10.1 Å². The lowest BCUT2D eigenvalue weighted by Crippen LogP contribution is -2.24. The van der Waals surface area contributed by atoms with Gasteiger partial charge in [0.25, 0.3) is 0 Å². The Balaban J connectivity index is 1.71. The van der Waals surface area contributed by atoms with Crippen LogP contribution >= 0.6 is 0 Å². The molecule has 1 N–H and O–H groups in total. The molecular weight excluding hydrogens is 463 g/mol. The number of nitrogens with zero attached hydrogens (tertiary/aromatic N) is 1. The zero-order valence-corrected chi connectivity index (χ0v) is 19.9. The third-order valence-corrected chi connectivity index (χ3v) is 5.48. The van der Waals surface area contributed by atoms with Crippen LogP contribution in [0.15, 0.2) is 77.7 Å². The summed E-state index contributed by atoms with van der Waals surface area (Å²) in [6.07, 6.45) is 1.37. The normalized spacial score (nSPS) is 10.8. The first-order valence-electron chi connectivity index (χ1n) is 11.5. The van der Waals surface area contributed by atoms with Gasteiger partial charge in [-0.2, -0.15) is 0 Å². The molecule has 3 aromatic carbocycles. The van der Waals surface area contributed by atoms with E-state index < -0.39 is 17.0 Å². The molecule has 0 bridgehead atoms. The second kappa shape index (κ2) is 10.9. The SMILES string of the molecule is CCOc1ccc(NC(=O)Cn2cc(C(=O)c3ccc(F)cc3)c(=O)c3cc(OCC)ccc32)cc1. The van der Waals surface area contributed by atoms with Crippen LogP contribution < -0.4 is 20.2 Å². The minimum absolute atomic E-state index is 0.128. The molecule has 0 atom stereocenters. The number of halogens is 1. The number of nitrogens with one attached hydrogen (secondary N) is 1. The van der Waals surface area contributed by atoms with Crippen molar-refractivity contribution in [2.24, 2.45) is 0 Å². The van der Waals surface area contributed by atoms with E-state index in [1.54, 1.807) is 47.0 Å². The number of aromatic nitrogens is 1. The Labute approximate surface area is 207 Å². The van der Waals surface area contributed by atoms with Crippen molar-refractivity contribution in [1.82, 2.24) is 4.57 Å². The third-order valence-electron chi connectivity index (χ3n) is 5.48. The van der Waals surface area contributed by atoms with Crippen molar-refractivity contribution in [3.63, 3.8) is 0 Å². The average molecular weight is 489 g/mol. The molecule has 4 aromatic rings. The molecule has 0 saturated heterocycles. The zero-order chi connectivity index (χ0) is 25.7. The minimum atomic E-state index is -0.565. The van der Waals surface area contributed by atoms with E-state index in [2.05, 4.69) is 5.32 Å². The second-order valence-electron chi connectivity index (χ2n) is 7.95. The smallest absolute Gasteiger partial charge is 0.244 e. The van der Waals surface area contributed by atoms with Crippen molar-refractivity contribution >= 4 is 28.3 Å². The average Bonchev–Trinajstić information content (AvgIpc) is 2.87. The highest BCUT2D eigenvalue weighted by molar-refractivity contribution is 6.10. The maximum Gasteiger partial charge on any atom is 0.244 e. The van der Waals surface area contributed by atoms with Crippen molar-refractivity contribution in [1.29, 1.82) is 0 Å². The summed E-state index contributed by atoms with van der Waals surface area (Å²) < 4.78 is 25.9. The van der Waals surface area contributed by atoms with Crippen molar-refractivity contribution in [2.45, 2.75) is 20.4 Å². The number of hydrogen-bond acceptors (Lipinski definition) is 5. The Morgan fingerprint density at radius 1 is 0.889 bits per heavy atom. The van der Waals surface area contributed by atoms with Crippen molar-refractivity contribution < 1.29 is 23.5 Å². The van der Waals surface area contributed by atoms with Gasteiger partial charge in [0.2, 0.25) is 11.3 Å². The van der Waals surface area contributed by atoms with Gasteiger partial charge in [0.05, 0.1) is 29.7 Å². The van der Waals surface area contributed by atoms with Crippen molar-refractivity contribution in [2.75, 3.05) is 18.5 Å². The minimum Gasteiger partial charge on any atom is -0.494 e. The molecule has 0 unspecified atom stereocenters. The Morgan fingerprint density at radius 2 is 1.53 bits per heavy atom. The van der Waals surface area contributed by atoms with Gasteiger partial charge in [-0.3, -0.25) is 14.4 Å². The fraction of sp³-hybridized carbons (Fsp3) is 0.179. The number of carbonyl (C=O) groups is 2.